The van der Waals surface area contributed by atoms with E-state index in [-0.39, 0.29) is 11.3 Å². The number of benzene rings is 3. The molecule has 0 aromatic heterocycles. The molecule has 3 aromatic carbocycles. The van der Waals surface area contributed by atoms with Crippen molar-refractivity contribution in [3.05, 3.63) is 98.1 Å². The van der Waals surface area contributed by atoms with Gasteiger partial charge in [-0.1, -0.05) is 30.3 Å². The van der Waals surface area contributed by atoms with Gasteiger partial charge in [0.25, 0.3) is 5.91 Å². The van der Waals surface area contributed by atoms with Gasteiger partial charge in [0.1, 0.15) is 11.6 Å². The zero-order valence-electron chi connectivity index (χ0n) is 21.6. The summed E-state index contributed by atoms with van der Waals surface area (Å²) in [7, 11) is 0. The van der Waals surface area contributed by atoms with Crippen LogP contribution >= 0.6 is 22.6 Å². The minimum absolute atomic E-state index is 0.227. The predicted octanol–water partition coefficient (Wildman–Crippen LogP) is 6.64. The lowest BCUT2D eigenvalue weighted by atomic mass is 9.96. The summed E-state index contributed by atoms with van der Waals surface area (Å²) in [4.78, 5) is 36.6. The van der Waals surface area contributed by atoms with Gasteiger partial charge in [-0.25, -0.2) is 9.69 Å². The fourth-order valence-corrected chi connectivity index (χ4v) is 4.38. The highest BCUT2D eigenvalue weighted by atomic mass is 127. The number of ketones is 1. The van der Waals surface area contributed by atoms with Gasteiger partial charge >= 0.3 is 18.4 Å². The third-order valence-corrected chi connectivity index (χ3v) is 6.63. The number of hydrogen-bond acceptors (Lipinski definition) is 5. The van der Waals surface area contributed by atoms with Crippen molar-refractivity contribution in [3.8, 4) is 6.07 Å². The van der Waals surface area contributed by atoms with Crippen LogP contribution in [0.25, 0.3) is 0 Å². The number of amides is 3. The summed E-state index contributed by atoms with van der Waals surface area (Å²) in [6.45, 7) is 2.89. The number of nitrogens with one attached hydrogen (secondary N) is 1. The summed E-state index contributed by atoms with van der Waals surface area (Å²) in [5.41, 5.74) is -4.48. The molecule has 42 heavy (non-hydrogen) atoms. The highest BCUT2D eigenvalue weighted by Crippen LogP contribution is 2.36. The number of carbonyl (C=O) groups excluding carboxylic acids is 3. The number of hydrogen-bond donors (Lipinski definition) is 2. The van der Waals surface area contributed by atoms with Crippen molar-refractivity contribution in [1.82, 2.24) is 5.32 Å². The number of aliphatic hydroxyl groups is 1. The minimum Gasteiger partial charge on any atom is -0.380 e. The van der Waals surface area contributed by atoms with Gasteiger partial charge in [-0.3, -0.25) is 9.59 Å². The van der Waals surface area contributed by atoms with E-state index >= 15 is 0 Å². The molecule has 0 saturated carbocycles. The molecule has 1 heterocycles. The highest BCUT2D eigenvalue weighted by molar-refractivity contribution is 14.1. The quantitative estimate of drug-likeness (QED) is 0.137. The first kappa shape index (κ1) is 32.5. The minimum atomic E-state index is -4.75. The van der Waals surface area contributed by atoms with Gasteiger partial charge in [-0.05, 0) is 78.4 Å². The van der Waals surface area contributed by atoms with E-state index in [1.807, 2.05) is 0 Å². The Labute approximate surface area is 248 Å². The lowest BCUT2D eigenvalue weighted by Crippen LogP contribution is -2.40. The summed E-state index contributed by atoms with van der Waals surface area (Å²) in [6.07, 6.45) is -11.0. The maximum atomic E-state index is 13.0. The number of alkyl halides is 6. The van der Waals surface area contributed by atoms with Crippen LogP contribution in [-0.4, -0.2) is 28.4 Å². The average molecular weight is 703 g/mol. The summed E-state index contributed by atoms with van der Waals surface area (Å²) >= 11 is 1.74. The van der Waals surface area contributed by atoms with Gasteiger partial charge in [0.15, 0.2) is 5.78 Å². The Morgan fingerprint density at radius 3 is 2.05 bits per heavy atom. The molecular weight excluding hydrogens is 683 g/mol. The predicted molar refractivity (Wildman–Crippen MR) is 146 cm³/mol. The molecule has 4 rings (SSSR count). The molecule has 3 aromatic rings. The Bertz CT molecular complexity index is 1570. The fourth-order valence-electron chi connectivity index (χ4n) is 3.89. The summed E-state index contributed by atoms with van der Waals surface area (Å²) < 4.78 is 78.1. The van der Waals surface area contributed by atoms with Crippen LogP contribution in [0.3, 0.4) is 0 Å². The zero-order chi connectivity index (χ0) is 31.6. The van der Waals surface area contributed by atoms with Gasteiger partial charge in [0.05, 0.1) is 28.4 Å². The van der Waals surface area contributed by atoms with Crippen molar-refractivity contribution in [3.63, 3.8) is 0 Å². The molecule has 0 aliphatic carbocycles. The molecule has 1 atom stereocenters. The van der Waals surface area contributed by atoms with Gasteiger partial charge in [0.2, 0.25) is 0 Å². The van der Waals surface area contributed by atoms with E-state index in [2.05, 4.69) is 5.32 Å². The Morgan fingerprint density at radius 1 is 0.952 bits per heavy atom. The number of nitriles is 1. The second-order valence-corrected chi connectivity index (χ2v) is 10.6. The van der Waals surface area contributed by atoms with Gasteiger partial charge in [0, 0.05) is 9.13 Å². The number of nitrogens with zero attached hydrogens (tertiary/aromatic N) is 2. The molecule has 14 heteroatoms. The fraction of sp³-hybridized carbons (Fsp3) is 0.214. The Kier molecular flexibility index (Phi) is 9.38. The van der Waals surface area contributed by atoms with Crippen molar-refractivity contribution >= 4 is 46.0 Å². The average Bonchev–Trinajstić information content (AvgIpc) is 3.12. The third-order valence-electron chi connectivity index (χ3n) is 5.96. The van der Waals surface area contributed by atoms with Crippen LogP contribution in [-0.2, 0) is 17.1 Å². The topological polar surface area (TPSA) is 111 Å². The molecule has 1 unspecified atom stereocenters. The first-order valence-corrected chi connectivity index (χ1v) is 12.9. The van der Waals surface area contributed by atoms with Crippen LogP contribution < -0.4 is 10.2 Å². The van der Waals surface area contributed by atoms with Crippen LogP contribution in [0.2, 0.25) is 0 Å². The van der Waals surface area contributed by atoms with E-state index in [9.17, 15) is 45.8 Å². The maximum absolute atomic E-state index is 13.0. The van der Waals surface area contributed by atoms with E-state index in [4.69, 9.17) is 5.26 Å². The first-order chi connectivity index (χ1) is 19.4. The normalized spacial score (nSPS) is 15.3. The van der Waals surface area contributed by atoms with Crippen molar-refractivity contribution in [2.75, 3.05) is 4.90 Å². The molecule has 0 spiro atoms. The van der Waals surface area contributed by atoms with Crippen molar-refractivity contribution in [1.29, 1.82) is 5.26 Å². The number of aliphatic hydroxyl groups excluding tert-OH is 1. The molecule has 3 amide bonds. The van der Waals surface area contributed by atoms with Crippen molar-refractivity contribution in [2.24, 2.45) is 0 Å². The lowest BCUT2D eigenvalue weighted by molar-refractivity contribution is -0.138. The molecule has 1 aliphatic heterocycles. The molecular formula is C28H20F6IN3O4. The molecule has 0 bridgehead atoms. The Balaban J connectivity index is 0.000000230. The number of rotatable bonds is 4. The Morgan fingerprint density at radius 2 is 1.55 bits per heavy atom. The number of imide groups is 1. The smallest absolute Gasteiger partial charge is 0.380 e. The van der Waals surface area contributed by atoms with Crippen LogP contribution in [0, 0.1) is 14.9 Å². The molecule has 1 fully saturated rings. The molecule has 7 nitrogen and oxygen atoms in total. The van der Waals surface area contributed by atoms with Crippen LogP contribution in [0.1, 0.15) is 52.6 Å². The molecule has 2 N–H and O–H groups in total. The third kappa shape index (κ3) is 7.08. The van der Waals surface area contributed by atoms with Gasteiger partial charge in [-0.15, -0.1) is 0 Å². The monoisotopic (exact) mass is 703 g/mol. The van der Waals surface area contributed by atoms with Crippen LogP contribution in [0.4, 0.5) is 36.8 Å². The molecule has 220 valence electrons. The standard InChI is InChI=1S/C15H10F3IO2.C13H10F3N3O2/c16-15(17,18)12-8-10(19)6-7-11(12)14(21)13(20)9-4-2-1-3-5-9;1-12(2)10(20)19(11(21)18-12)8-4-3-7(6-17)9(5-8)13(14,15)16/h1-8,13,20H;3-5H,1-2H3,(H,18,21). The summed E-state index contributed by atoms with van der Waals surface area (Å²) in [5.74, 6) is -1.63. The Hall–Kier alpha value is -3.97. The highest BCUT2D eigenvalue weighted by Gasteiger charge is 2.46. The largest absolute Gasteiger partial charge is 0.417 e. The number of carbonyl (C=O) groups is 3. The van der Waals surface area contributed by atoms with Crippen molar-refractivity contribution in [2.45, 2.75) is 37.8 Å². The lowest BCUT2D eigenvalue weighted by Gasteiger charge is -2.17. The van der Waals surface area contributed by atoms with E-state index in [0.717, 1.165) is 24.3 Å². The van der Waals surface area contributed by atoms with Gasteiger partial charge < -0.3 is 10.4 Å². The number of Topliss-reactive ketones (excluding diaryl/α,β-unsaturated/α-hetero) is 1. The molecule has 1 aliphatic rings. The molecule has 0 radical (unpaired) electrons. The maximum Gasteiger partial charge on any atom is 0.417 e. The molecule has 1 saturated heterocycles. The SMILES string of the molecule is CC1(C)NC(=O)N(c2ccc(C#N)c(C(F)(F)F)c2)C1=O.O=C(c1ccc(I)cc1C(F)(F)F)C(O)c1ccccc1. The van der Waals surface area contributed by atoms with Crippen LogP contribution in [0.15, 0.2) is 66.7 Å². The number of urea groups is 1. The van der Waals surface area contributed by atoms with E-state index in [1.54, 1.807) is 40.8 Å². The van der Waals surface area contributed by atoms with Gasteiger partial charge in [-0.2, -0.15) is 31.6 Å². The van der Waals surface area contributed by atoms with E-state index < -0.39 is 64.0 Å². The summed E-state index contributed by atoms with van der Waals surface area (Å²) in [5, 5.41) is 21.1. The number of halogens is 7. The van der Waals surface area contributed by atoms with Crippen molar-refractivity contribution < 1.29 is 45.8 Å². The number of anilines is 1. The van der Waals surface area contributed by atoms with Crippen LogP contribution in [0.5, 0.6) is 0 Å². The second kappa shape index (κ2) is 12.1. The zero-order valence-corrected chi connectivity index (χ0v) is 23.8. The first-order valence-electron chi connectivity index (χ1n) is 11.8. The van der Waals surface area contributed by atoms with E-state index in [0.29, 0.717) is 14.5 Å². The summed E-state index contributed by atoms with van der Waals surface area (Å²) in [6, 6.07) is 14.6. The second-order valence-electron chi connectivity index (χ2n) is 9.40. The van der Waals surface area contributed by atoms with E-state index in [1.165, 1.54) is 38.1 Å².